The maximum absolute atomic E-state index is 11.9. The zero-order valence-electron chi connectivity index (χ0n) is 17.9. The van der Waals surface area contributed by atoms with Gasteiger partial charge in [0.15, 0.2) is 0 Å². The van der Waals surface area contributed by atoms with Gasteiger partial charge in [-0.1, -0.05) is 55.8 Å². The lowest BCUT2D eigenvalue weighted by atomic mass is 10.0. The molecule has 3 N–H and O–H groups in total. The third-order valence-corrected chi connectivity index (χ3v) is 5.47. The molecule has 0 aliphatic heterocycles. The summed E-state index contributed by atoms with van der Waals surface area (Å²) < 4.78 is 24.4. The number of aliphatic carboxylic acids is 1. The highest BCUT2D eigenvalue weighted by molar-refractivity contribution is 7.80. The minimum Gasteiger partial charge on any atom is -0.478 e. The van der Waals surface area contributed by atoms with Crippen molar-refractivity contribution in [2.24, 2.45) is 0 Å². The number of imidazole rings is 1. The van der Waals surface area contributed by atoms with Gasteiger partial charge in [0.1, 0.15) is 5.82 Å². The van der Waals surface area contributed by atoms with Gasteiger partial charge >= 0.3 is 5.97 Å². The molecule has 1 atom stereocenters. The van der Waals surface area contributed by atoms with Crippen molar-refractivity contribution in [1.82, 2.24) is 9.55 Å². The number of hydrogen-bond donors (Lipinski definition) is 3. The highest BCUT2D eigenvalue weighted by Crippen LogP contribution is 2.19. The summed E-state index contributed by atoms with van der Waals surface area (Å²) in [5.74, 6) is -0.0506. The van der Waals surface area contributed by atoms with Crippen LogP contribution in [-0.2, 0) is 35.4 Å². The average molecular weight is 454 g/mol. The van der Waals surface area contributed by atoms with E-state index in [4.69, 9.17) is 4.55 Å². The predicted molar refractivity (Wildman–Crippen MR) is 127 cm³/mol. The maximum Gasteiger partial charge on any atom is 0.331 e. The van der Waals surface area contributed by atoms with Gasteiger partial charge in [0.05, 0.1) is 11.9 Å². The van der Waals surface area contributed by atoms with E-state index in [1.807, 2.05) is 47.0 Å². The van der Waals surface area contributed by atoms with Crippen molar-refractivity contribution >= 4 is 29.0 Å². The van der Waals surface area contributed by atoms with Gasteiger partial charge < -0.3 is 9.67 Å². The van der Waals surface area contributed by atoms with Gasteiger partial charge in [0, 0.05) is 30.6 Å². The molecule has 8 heteroatoms. The first-order chi connectivity index (χ1) is 15.5. The summed E-state index contributed by atoms with van der Waals surface area (Å²) in [4.78, 5) is 16.5. The van der Waals surface area contributed by atoms with E-state index in [0.29, 0.717) is 24.2 Å². The molecule has 7 nitrogen and oxygen atoms in total. The van der Waals surface area contributed by atoms with Crippen LogP contribution in [0.15, 0.2) is 66.4 Å². The van der Waals surface area contributed by atoms with E-state index in [1.54, 1.807) is 24.4 Å². The van der Waals surface area contributed by atoms with Crippen LogP contribution in [0.25, 0.3) is 6.08 Å². The van der Waals surface area contributed by atoms with Crippen molar-refractivity contribution in [3.05, 3.63) is 89.0 Å². The normalized spacial score (nSPS) is 12.5. The number of hydrogen-bond acceptors (Lipinski definition) is 3. The Labute approximate surface area is 190 Å². The zero-order valence-corrected chi connectivity index (χ0v) is 18.7. The Morgan fingerprint density at radius 3 is 2.47 bits per heavy atom. The molecule has 3 aromatic rings. The van der Waals surface area contributed by atoms with Crippen LogP contribution in [0.5, 0.6) is 0 Å². The molecule has 0 aliphatic carbocycles. The van der Waals surface area contributed by atoms with Gasteiger partial charge in [-0.15, -0.1) is 0 Å². The quantitative estimate of drug-likeness (QED) is 0.292. The van der Waals surface area contributed by atoms with E-state index in [-0.39, 0.29) is 0 Å². The minimum atomic E-state index is -2.12. The molecule has 0 amide bonds. The van der Waals surface area contributed by atoms with Gasteiger partial charge in [-0.2, -0.15) is 0 Å². The molecule has 0 saturated carbocycles. The Hall–Kier alpha value is -3.23. The predicted octanol–water partition coefficient (Wildman–Crippen LogP) is 4.53. The van der Waals surface area contributed by atoms with Crippen LogP contribution in [0.2, 0.25) is 0 Å². The molecular formula is C24H27N3O4S. The molecule has 1 aromatic heterocycles. The van der Waals surface area contributed by atoms with Crippen LogP contribution in [-0.4, -0.2) is 29.4 Å². The molecule has 0 spiro atoms. The number of carbonyl (C=O) groups is 1. The topological polar surface area (TPSA) is 104 Å². The molecular weight excluding hydrogens is 426 g/mol. The maximum atomic E-state index is 11.9. The first-order valence-electron chi connectivity index (χ1n) is 10.4. The number of nitrogens with zero attached hydrogens (tertiary/aromatic N) is 2. The number of aryl methyl sites for hydroxylation is 1. The summed E-state index contributed by atoms with van der Waals surface area (Å²) in [6.45, 7) is 2.64. The summed E-state index contributed by atoms with van der Waals surface area (Å²) >= 11 is -2.12. The van der Waals surface area contributed by atoms with Crippen molar-refractivity contribution in [2.75, 3.05) is 4.72 Å². The van der Waals surface area contributed by atoms with Crippen molar-refractivity contribution in [3.63, 3.8) is 0 Å². The molecule has 0 fully saturated rings. The van der Waals surface area contributed by atoms with Crippen LogP contribution in [0.3, 0.4) is 0 Å². The molecule has 3 rings (SSSR count). The van der Waals surface area contributed by atoms with Crippen molar-refractivity contribution < 1.29 is 18.7 Å². The number of benzene rings is 2. The number of aromatic nitrogens is 2. The van der Waals surface area contributed by atoms with Gasteiger partial charge in [-0.3, -0.25) is 9.27 Å². The van der Waals surface area contributed by atoms with E-state index in [1.165, 1.54) is 0 Å². The van der Waals surface area contributed by atoms with Crippen molar-refractivity contribution in [2.45, 2.75) is 39.2 Å². The Kier molecular flexibility index (Phi) is 8.35. The lowest BCUT2D eigenvalue weighted by Gasteiger charge is -2.12. The Bertz CT molecular complexity index is 1090. The van der Waals surface area contributed by atoms with E-state index >= 15 is 0 Å². The van der Waals surface area contributed by atoms with Crippen LogP contribution in [0, 0.1) is 0 Å². The van der Waals surface area contributed by atoms with E-state index in [2.05, 4.69) is 16.6 Å². The number of anilines is 1. The van der Waals surface area contributed by atoms with E-state index in [0.717, 1.165) is 41.9 Å². The second kappa shape index (κ2) is 11.4. The number of carboxylic acid groups (broad SMARTS) is 1. The van der Waals surface area contributed by atoms with E-state index < -0.39 is 17.2 Å². The fourth-order valence-electron chi connectivity index (χ4n) is 3.41. The molecule has 1 heterocycles. The molecule has 168 valence electrons. The fraction of sp³-hybridized carbons (Fsp3) is 0.250. The van der Waals surface area contributed by atoms with Crippen molar-refractivity contribution in [3.8, 4) is 0 Å². The minimum absolute atomic E-state index is 0.296. The molecule has 0 aliphatic rings. The second-order valence-electron chi connectivity index (χ2n) is 7.47. The third kappa shape index (κ3) is 6.63. The molecule has 1 unspecified atom stereocenters. The lowest BCUT2D eigenvalue weighted by molar-refractivity contribution is -0.132. The van der Waals surface area contributed by atoms with Crippen LogP contribution in [0.1, 0.15) is 42.4 Å². The smallest absolute Gasteiger partial charge is 0.331 e. The van der Waals surface area contributed by atoms with Gasteiger partial charge in [0.2, 0.25) is 0 Å². The first kappa shape index (κ1) is 23.4. The van der Waals surface area contributed by atoms with Gasteiger partial charge in [-0.05, 0) is 35.8 Å². The molecule has 0 bridgehead atoms. The zero-order chi connectivity index (χ0) is 22.9. The first-order valence-corrected chi connectivity index (χ1v) is 11.6. The molecule has 0 radical (unpaired) electrons. The second-order valence-corrected chi connectivity index (χ2v) is 8.18. The van der Waals surface area contributed by atoms with Crippen LogP contribution in [0.4, 0.5) is 5.69 Å². The monoisotopic (exact) mass is 453 g/mol. The lowest BCUT2D eigenvalue weighted by Crippen LogP contribution is -2.09. The SMILES string of the molecule is CCCCc1ncc(C=C(Cc2ccccc2)C(=O)O)n1Cc1ccc(NS(=O)O)cc1. The summed E-state index contributed by atoms with van der Waals surface area (Å²) in [6, 6.07) is 16.7. The number of unbranched alkanes of at least 4 members (excludes halogenated alkanes) is 1. The van der Waals surface area contributed by atoms with Crippen LogP contribution < -0.4 is 4.72 Å². The average Bonchev–Trinajstić information content (AvgIpc) is 3.14. The summed E-state index contributed by atoms with van der Waals surface area (Å²) in [6.07, 6.45) is 6.57. The highest BCUT2D eigenvalue weighted by Gasteiger charge is 2.14. The van der Waals surface area contributed by atoms with Gasteiger partial charge in [-0.25, -0.2) is 14.0 Å². The summed E-state index contributed by atoms with van der Waals surface area (Å²) in [5.41, 5.74) is 3.49. The highest BCUT2D eigenvalue weighted by atomic mass is 32.2. The van der Waals surface area contributed by atoms with Gasteiger partial charge in [0.25, 0.3) is 11.3 Å². The Balaban J connectivity index is 1.91. The fourth-order valence-corrected chi connectivity index (χ4v) is 3.74. The molecule has 0 saturated heterocycles. The summed E-state index contributed by atoms with van der Waals surface area (Å²) in [5, 5.41) is 9.78. The number of carboxylic acids is 1. The Morgan fingerprint density at radius 1 is 1.12 bits per heavy atom. The van der Waals surface area contributed by atoms with Crippen molar-refractivity contribution in [1.29, 1.82) is 0 Å². The Morgan fingerprint density at radius 2 is 1.84 bits per heavy atom. The number of nitrogens with one attached hydrogen (secondary N) is 1. The van der Waals surface area contributed by atoms with Crippen LogP contribution >= 0.6 is 0 Å². The summed E-state index contributed by atoms with van der Waals surface area (Å²) in [7, 11) is 0. The standard InChI is InChI=1S/C24H27N3O4S/c1-2-3-9-23-25-16-22(15-20(24(28)29)14-18-7-5-4-6-8-18)27(23)17-19-10-12-21(13-11-19)26-32(30)31/h4-8,10-13,15-16,26H,2-3,9,14,17H2,1H3,(H,28,29)(H,30,31). The molecule has 32 heavy (non-hydrogen) atoms. The molecule has 2 aromatic carbocycles. The van der Waals surface area contributed by atoms with E-state index in [9.17, 15) is 14.1 Å². The largest absolute Gasteiger partial charge is 0.478 e. The third-order valence-electron chi connectivity index (χ3n) is 5.06. The number of rotatable bonds is 11.